The number of carbonyl (C=O) groups is 1. The molecule has 25 heavy (non-hydrogen) atoms. The Morgan fingerprint density at radius 1 is 1.24 bits per heavy atom. The van der Waals surface area contributed by atoms with Gasteiger partial charge in [0, 0.05) is 12.6 Å². The maximum absolute atomic E-state index is 12.8. The van der Waals surface area contributed by atoms with Gasteiger partial charge in [-0.15, -0.1) is 0 Å². The van der Waals surface area contributed by atoms with Crippen LogP contribution in [0.25, 0.3) is 0 Å². The third-order valence-electron chi connectivity index (χ3n) is 4.29. The molecule has 1 aromatic heterocycles. The first-order valence-corrected chi connectivity index (χ1v) is 8.64. The lowest BCUT2D eigenvalue weighted by Gasteiger charge is -2.25. The number of hydrogen-bond donors (Lipinski definition) is 0. The fourth-order valence-electron chi connectivity index (χ4n) is 3.10. The number of nitrogens with zero attached hydrogens (tertiary/aromatic N) is 2. The molecular weight excluding hydrogens is 344 g/mol. The lowest BCUT2D eigenvalue weighted by molar-refractivity contribution is -0.380. The molecule has 2 heterocycles. The van der Waals surface area contributed by atoms with Crippen LogP contribution in [-0.2, 0) is 0 Å². The summed E-state index contributed by atoms with van der Waals surface area (Å²) < 4.78 is 10.6. The van der Waals surface area contributed by atoms with E-state index in [2.05, 4.69) is 0 Å². The first-order valence-electron chi connectivity index (χ1n) is 7.82. The summed E-state index contributed by atoms with van der Waals surface area (Å²) in [6, 6.07) is 8.45. The highest BCUT2D eigenvalue weighted by Crippen LogP contribution is 2.38. The Balaban J connectivity index is 1.87. The number of hydrogen-bond acceptors (Lipinski definition) is 6. The Kier molecular flexibility index (Phi) is 4.89. The molecule has 0 aliphatic carbocycles. The van der Waals surface area contributed by atoms with Crippen molar-refractivity contribution >= 4 is 22.2 Å². The molecule has 3 rings (SSSR count). The van der Waals surface area contributed by atoms with Crippen LogP contribution in [0.2, 0.25) is 0 Å². The van der Waals surface area contributed by atoms with Crippen LogP contribution in [0.15, 0.2) is 30.3 Å². The highest BCUT2D eigenvalue weighted by atomic mass is 32.1. The quantitative estimate of drug-likeness (QED) is 0.599. The molecule has 1 saturated heterocycles. The smallest absolute Gasteiger partial charge is 0.324 e. The normalized spacial score (nSPS) is 16.7. The topological polar surface area (TPSA) is 81.9 Å². The van der Waals surface area contributed by atoms with Crippen LogP contribution in [0, 0.1) is 10.1 Å². The van der Waals surface area contributed by atoms with Gasteiger partial charge >= 0.3 is 5.00 Å². The SMILES string of the molecule is COc1ccc(C2CCCN2C(=O)c2ccc([N+](=O)[O-])s2)cc1OC. The molecule has 7 nitrogen and oxygen atoms in total. The highest BCUT2D eigenvalue weighted by molar-refractivity contribution is 7.17. The van der Waals surface area contributed by atoms with E-state index in [1.165, 1.54) is 12.1 Å². The number of ether oxygens (including phenoxy) is 2. The molecule has 0 radical (unpaired) electrons. The average Bonchev–Trinajstić information content (AvgIpc) is 3.30. The second kappa shape index (κ2) is 7.10. The predicted octanol–water partition coefficient (Wildman–Crippen LogP) is 3.65. The highest BCUT2D eigenvalue weighted by Gasteiger charge is 2.32. The molecule has 0 N–H and O–H groups in total. The van der Waals surface area contributed by atoms with Crippen molar-refractivity contribution in [1.29, 1.82) is 0 Å². The van der Waals surface area contributed by atoms with Crippen LogP contribution in [0.5, 0.6) is 11.5 Å². The van der Waals surface area contributed by atoms with Crippen molar-refractivity contribution in [3.8, 4) is 11.5 Å². The van der Waals surface area contributed by atoms with E-state index in [0.717, 1.165) is 29.7 Å². The van der Waals surface area contributed by atoms with Crippen molar-refractivity contribution in [2.75, 3.05) is 20.8 Å². The molecule has 1 amide bonds. The minimum absolute atomic E-state index is 0.0230. The maximum Gasteiger partial charge on any atom is 0.324 e. The van der Waals surface area contributed by atoms with Gasteiger partial charge < -0.3 is 14.4 Å². The number of benzene rings is 1. The second-order valence-corrected chi connectivity index (χ2v) is 6.73. The van der Waals surface area contributed by atoms with E-state index in [1.807, 2.05) is 18.2 Å². The van der Waals surface area contributed by atoms with Gasteiger partial charge in [0.15, 0.2) is 11.5 Å². The number of thiophene rings is 1. The van der Waals surface area contributed by atoms with E-state index in [9.17, 15) is 14.9 Å². The first kappa shape index (κ1) is 17.2. The van der Waals surface area contributed by atoms with Crippen LogP contribution in [0.4, 0.5) is 5.00 Å². The van der Waals surface area contributed by atoms with Crippen molar-refractivity contribution in [2.45, 2.75) is 18.9 Å². The number of amides is 1. The summed E-state index contributed by atoms with van der Waals surface area (Å²) >= 11 is 0.912. The summed E-state index contributed by atoms with van der Waals surface area (Å²) in [6.45, 7) is 0.629. The van der Waals surface area contributed by atoms with Gasteiger partial charge in [0.1, 0.15) is 0 Å². The van der Waals surface area contributed by atoms with E-state index in [-0.39, 0.29) is 17.0 Å². The molecule has 1 aliphatic rings. The van der Waals surface area contributed by atoms with Crippen LogP contribution >= 0.6 is 11.3 Å². The van der Waals surface area contributed by atoms with Gasteiger partial charge in [0.05, 0.1) is 30.1 Å². The van der Waals surface area contributed by atoms with Gasteiger partial charge in [-0.05, 0) is 36.6 Å². The molecule has 0 bridgehead atoms. The third-order valence-corrected chi connectivity index (χ3v) is 5.31. The minimum atomic E-state index is -0.475. The first-order chi connectivity index (χ1) is 12.0. The molecule has 1 fully saturated rings. The van der Waals surface area contributed by atoms with Crippen molar-refractivity contribution in [1.82, 2.24) is 4.90 Å². The molecular formula is C17H18N2O5S. The summed E-state index contributed by atoms with van der Waals surface area (Å²) in [4.78, 5) is 25.3. The fraction of sp³-hybridized carbons (Fsp3) is 0.353. The molecule has 1 aromatic carbocycles. The number of carbonyl (C=O) groups excluding carboxylic acids is 1. The monoisotopic (exact) mass is 362 g/mol. The average molecular weight is 362 g/mol. The Hall–Kier alpha value is -2.61. The summed E-state index contributed by atoms with van der Waals surface area (Å²) in [7, 11) is 3.15. The van der Waals surface area contributed by atoms with Crippen molar-refractivity contribution in [3.05, 3.63) is 50.9 Å². The lowest BCUT2D eigenvalue weighted by Crippen LogP contribution is -2.29. The van der Waals surface area contributed by atoms with Gasteiger partial charge in [0.25, 0.3) is 5.91 Å². The Bertz CT molecular complexity index is 804. The number of nitro groups is 1. The van der Waals surface area contributed by atoms with E-state index >= 15 is 0 Å². The summed E-state index contributed by atoms with van der Waals surface area (Å²) in [6.07, 6.45) is 1.73. The molecule has 1 unspecified atom stereocenters. The molecule has 8 heteroatoms. The molecule has 0 saturated carbocycles. The molecule has 132 valence electrons. The van der Waals surface area contributed by atoms with Crippen molar-refractivity contribution in [2.24, 2.45) is 0 Å². The van der Waals surface area contributed by atoms with Crippen molar-refractivity contribution < 1.29 is 19.2 Å². The minimum Gasteiger partial charge on any atom is -0.493 e. The zero-order valence-electron chi connectivity index (χ0n) is 13.9. The largest absolute Gasteiger partial charge is 0.493 e. The van der Waals surface area contributed by atoms with Crippen LogP contribution in [0.3, 0.4) is 0 Å². The van der Waals surface area contributed by atoms with E-state index < -0.39 is 4.92 Å². The third kappa shape index (κ3) is 3.30. The van der Waals surface area contributed by atoms with Crippen LogP contribution in [-0.4, -0.2) is 36.5 Å². The molecule has 1 aliphatic heterocycles. The Morgan fingerprint density at radius 3 is 2.64 bits per heavy atom. The van der Waals surface area contributed by atoms with Crippen LogP contribution in [0.1, 0.15) is 34.1 Å². The molecule has 0 spiro atoms. The number of likely N-dealkylation sites (tertiary alicyclic amines) is 1. The van der Waals surface area contributed by atoms with Gasteiger partial charge in [-0.2, -0.15) is 0 Å². The van der Waals surface area contributed by atoms with E-state index in [1.54, 1.807) is 19.1 Å². The fourth-order valence-corrected chi connectivity index (χ4v) is 3.88. The number of rotatable bonds is 5. The zero-order chi connectivity index (χ0) is 18.0. The maximum atomic E-state index is 12.8. The van der Waals surface area contributed by atoms with E-state index in [4.69, 9.17) is 9.47 Å². The summed E-state index contributed by atoms with van der Waals surface area (Å²) in [5.74, 6) is 1.08. The van der Waals surface area contributed by atoms with Crippen molar-refractivity contribution in [3.63, 3.8) is 0 Å². The summed E-state index contributed by atoms with van der Waals surface area (Å²) in [5.41, 5.74) is 0.967. The molecule has 2 aromatic rings. The lowest BCUT2D eigenvalue weighted by atomic mass is 10.0. The predicted molar refractivity (Wildman–Crippen MR) is 93.5 cm³/mol. The summed E-state index contributed by atoms with van der Waals surface area (Å²) in [5, 5.41) is 10.8. The van der Waals surface area contributed by atoms with Gasteiger partial charge in [-0.1, -0.05) is 17.4 Å². The Labute approximate surface area is 148 Å². The van der Waals surface area contributed by atoms with Gasteiger partial charge in [-0.3, -0.25) is 14.9 Å². The van der Waals surface area contributed by atoms with E-state index in [0.29, 0.717) is 22.9 Å². The Morgan fingerprint density at radius 2 is 2.00 bits per heavy atom. The zero-order valence-corrected chi connectivity index (χ0v) is 14.7. The second-order valence-electron chi connectivity index (χ2n) is 5.67. The number of methoxy groups -OCH3 is 2. The van der Waals surface area contributed by atoms with Gasteiger partial charge in [0.2, 0.25) is 0 Å². The standard InChI is InChI=1S/C17H18N2O5S/c1-23-13-6-5-11(10-14(13)24-2)12-4-3-9-18(12)17(20)15-7-8-16(25-15)19(21)22/h5-8,10,12H,3-4,9H2,1-2H3. The van der Waals surface area contributed by atoms with Crippen LogP contribution < -0.4 is 9.47 Å². The molecule has 1 atom stereocenters. The van der Waals surface area contributed by atoms with Gasteiger partial charge in [-0.25, -0.2) is 0 Å².